The van der Waals surface area contributed by atoms with Gasteiger partial charge in [0.15, 0.2) is 0 Å². The molecule has 0 fully saturated rings. The number of esters is 1. The van der Waals surface area contributed by atoms with Crippen LogP contribution in [0, 0.1) is 27.7 Å². The average molecular weight is 1100 g/mol. The summed E-state index contributed by atoms with van der Waals surface area (Å²) < 4.78 is 7.74. The van der Waals surface area contributed by atoms with Gasteiger partial charge in [0.2, 0.25) is 0 Å². The highest BCUT2D eigenvalue weighted by Crippen LogP contribution is 2.39. The van der Waals surface area contributed by atoms with E-state index in [1.807, 2.05) is 33.1 Å². The molecule has 0 aliphatic rings. The molecule has 0 spiro atoms. The maximum Gasteiger partial charge on any atom is 0.316 e. The summed E-state index contributed by atoms with van der Waals surface area (Å²) in [6, 6.07) is 0. The van der Waals surface area contributed by atoms with Gasteiger partial charge >= 0.3 is 11.9 Å². The summed E-state index contributed by atoms with van der Waals surface area (Å²) in [5, 5.41) is 17.2. The number of nitrogens with zero attached hydrogens (tertiary/aromatic N) is 8. The second-order valence-corrected chi connectivity index (χ2v) is 21.3. The fourth-order valence-corrected chi connectivity index (χ4v) is 12.5. The van der Waals surface area contributed by atoms with E-state index in [4.69, 9.17) is 28.3 Å². The molecule has 0 aromatic carbocycles. The SMILES string of the molecule is COC(=O)CSc1ncnc2sc(Br)c(C)c12.Cc1c(Br)sc2ncnc(Cl)c12.Cc1c(Br)sc2ncnc(SCC(=O)O)c12.Cc1csc2ncnc(Cl)c12. The van der Waals surface area contributed by atoms with Crippen molar-refractivity contribution < 1.29 is 19.4 Å². The van der Waals surface area contributed by atoms with Gasteiger partial charge in [0.25, 0.3) is 0 Å². The summed E-state index contributed by atoms with van der Waals surface area (Å²) in [5.41, 5.74) is 4.43. The van der Waals surface area contributed by atoms with E-state index in [0.29, 0.717) is 10.3 Å². The Morgan fingerprint density at radius 2 is 1.05 bits per heavy atom. The lowest BCUT2D eigenvalue weighted by Crippen LogP contribution is -2.03. The van der Waals surface area contributed by atoms with Crippen molar-refractivity contribution in [2.24, 2.45) is 0 Å². The Kier molecular flexibility index (Phi) is 16.6. The maximum absolute atomic E-state index is 11.1. The summed E-state index contributed by atoms with van der Waals surface area (Å²) in [7, 11) is 1.38. The van der Waals surface area contributed by atoms with Gasteiger partial charge in [0.1, 0.15) is 65.0 Å². The number of carbonyl (C=O) groups is 2. The van der Waals surface area contributed by atoms with Crippen LogP contribution in [0.3, 0.4) is 0 Å². The molecular formula is C33H25Br3Cl2N8O4S6. The summed E-state index contributed by atoms with van der Waals surface area (Å²) in [5.74, 6) is -0.827. The molecule has 8 aromatic heterocycles. The van der Waals surface area contributed by atoms with Crippen LogP contribution < -0.4 is 0 Å². The number of aromatic nitrogens is 8. The molecule has 1 N–H and O–H groups in total. The number of carbonyl (C=O) groups excluding carboxylic acids is 1. The van der Waals surface area contributed by atoms with E-state index in [2.05, 4.69) is 92.4 Å². The van der Waals surface area contributed by atoms with Gasteiger partial charge in [-0.05, 0) is 103 Å². The van der Waals surface area contributed by atoms with E-state index in [1.165, 1.54) is 67.3 Å². The molecule has 292 valence electrons. The van der Waals surface area contributed by atoms with Crippen LogP contribution in [0.25, 0.3) is 40.9 Å². The maximum atomic E-state index is 11.1. The second kappa shape index (κ2) is 20.7. The normalized spacial score (nSPS) is 10.8. The standard InChI is InChI=1S/C10H9BrN2O2S2.C9H7BrN2O2S2.C7H4BrClN2S.C7H5ClN2S/c1-5-7-9(16-3-6(14)15-2)12-4-13-10(7)17-8(5)11;1-4-6-8(15-2-5(13)14)11-3-12-9(6)16-7(4)10;1-3-4-6(9)10-2-11-7(4)12-5(3)8;1-4-2-11-7-5(4)6(8)9-3-10-7/h4H,3H2,1-2H3;3H,2H2,1H3,(H,13,14);2H,1H3;2-3H,1H3. The van der Waals surface area contributed by atoms with Gasteiger partial charge in [-0.3, -0.25) is 9.59 Å². The van der Waals surface area contributed by atoms with E-state index in [9.17, 15) is 9.59 Å². The van der Waals surface area contributed by atoms with Crippen molar-refractivity contribution in [2.45, 2.75) is 37.7 Å². The second-order valence-electron chi connectivity index (χ2n) is 10.9. The Morgan fingerprint density at radius 3 is 1.50 bits per heavy atom. The van der Waals surface area contributed by atoms with Gasteiger partial charge in [-0.2, -0.15) is 0 Å². The summed E-state index contributed by atoms with van der Waals surface area (Å²) in [6.45, 7) is 7.98. The Morgan fingerprint density at radius 1 is 0.643 bits per heavy atom. The number of thioether (sulfide) groups is 2. The number of methoxy groups -OCH3 is 1. The molecule has 0 aliphatic carbocycles. The molecule has 23 heteroatoms. The Bertz CT molecular complexity index is 2690. The molecule has 56 heavy (non-hydrogen) atoms. The molecule has 8 heterocycles. The van der Waals surface area contributed by atoms with Crippen molar-refractivity contribution >= 4 is 193 Å². The van der Waals surface area contributed by atoms with E-state index >= 15 is 0 Å². The molecule has 12 nitrogen and oxygen atoms in total. The van der Waals surface area contributed by atoms with Crippen LogP contribution in [0.4, 0.5) is 0 Å². The summed E-state index contributed by atoms with van der Waals surface area (Å²) in [6.07, 6.45) is 5.95. The fourth-order valence-electron chi connectivity index (χ4n) is 4.53. The number of carboxylic acid groups (broad SMARTS) is 1. The zero-order valence-corrected chi connectivity index (χ0v) is 40.6. The lowest BCUT2D eigenvalue weighted by Gasteiger charge is -2.01. The Labute approximate surface area is 379 Å². The fraction of sp³-hybridized carbons (Fsp3) is 0.212. The predicted octanol–water partition coefficient (Wildman–Crippen LogP) is 12.0. The third kappa shape index (κ3) is 10.9. The van der Waals surface area contributed by atoms with Crippen molar-refractivity contribution in [3.63, 3.8) is 0 Å². The number of carboxylic acids is 1. The minimum Gasteiger partial charge on any atom is -0.481 e. The largest absolute Gasteiger partial charge is 0.481 e. The summed E-state index contributed by atoms with van der Waals surface area (Å²) >= 11 is 31.0. The first-order valence-electron chi connectivity index (χ1n) is 15.4. The van der Waals surface area contributed by atoms with Crippen molar-refractivity contribution in [1.82, 2.24) is 39.9 Å². The third-order valence-corrected chi connectivity index (χ3v) is 17.0. The van der Waals surface area contributed by atoms with Gasteiger partial charge < -0.3 is 9.84 Å². The van der Waals surface area contributed by atoms with Gasteiger partial charge in [0, 0.05) is 10.8 Å². The number of hydrogen-bond acceptors (Lipinski definition) is 17. The number of aryl methyl sites for hydroxylation is 4. The topological polar surface area (TPSA) is 167 Å². The zero-order chi connectivity index (χ0) is 40.7. The number of halogens is 5. The van der Waals surface area contributed by atoms with Crippen LogP contribution in [0.15, 0.2) is 52.1 Å². The number of hydrogen-bond donors (Lipinski definition) is 1. The number of fused-ring (bicyclic) bond motifs is 4. The minimum absolute atomic E-state index is 0.0129. The molecule has 0 amide bonds. The van der Waals surface area contributed by atoms with E-state index < -0.39 is 5.97 Å². The molecular weight excluding hydrogens is 1080 g/mol. The van der Waals surface area contributed by atoms with Crippen molar-refractivity contribution in [3.8, 4) is 0 Å². The smallest absolute Gasteiger partial charge is 0.316 e. The van der Waals surface area contributed by atoms with Gasteiger partial charge in [-0.15, -0.1) is 45.3 Å². The quantitative estimate of drug-likeness (QED) is 0.0949. The van der Waals surface area contributed by atoms with Crippen LogP contribution in [0.5, 0.6) is 0 Å². The molecule has 8 rings (SSSR count). The highest BCUT2D eigenvalue weighted by atomic mass is 79.9. The third-order valence-electron chi connectivity index (χ3n) is 7.28. The Hall–Kier alpha value is -2.18. The lowest BCUT2D eigenvalue weighted by molar-refractivity contribution is -0.137. The first-order chi connectivity index (χ1) is 26.7. The number of ether oxygens (including phenoxy) is 1. The first kappa shape index (κ1) is 44.9. The molecule has 0 aliphatic heterocycles. The molecule has 0 unspecified atom stereocenters. The van der Waals surface area contributed by atoms with Crippen LogP contribution in [-0.4, -0.2) is 75.5 Å². The van der Waals surface area contributed by atoms with Gasteiger partial charge in [-0.25, -0.2) is 39.9 Å². The van der Waals surface area contributed by atoms with E-state index in [-0.39, 0.29) is 17.5 Å². The highest BCUT2D eigenvalue weighted by molar-refractivity contribution is 9.11. The van der Waals surface area contributed by atoms with Crippen LogP contribution in [0.1, 0.15) is 22.3 Å². The monoisotopic (exact) mass is 1100 g/mol. The Balaban J connectivity index is 0.000000145. The van der Waals surface area contributed by atoms with E-state index in [0.717, 1.165) is 84.5 Å². The molecule has 0 saturated carbocycles. The van der Waals surface area contributed by atoms with Crippen molar-refractivity contribution in [2.75, 3.05) is 18.6 Å². The van der Waals surface area contributed by atoms with Crippen molar-refractivity contribution in [1.29, 1.82) is 0 Å². The van der Waals surface area contributed by atoms with Gasteiger partial charge in [-0.1, -0.05) is 46.7 Å². The molecule has 0 bridgehead atoms. The highest BCUT2D eigenvalue weighted by Gasteiger charge is 2.16. The van der Waals surface area contributed by atoms with Crippen LogP contribution in [-0.2, 0) is 14.3 Å². The first-order valence-corrected chi connectivity index (χ1v) is 23.9. The summed E-state index contributed by atoms with van der Waals surface area (Å²) in [4.78, 5) is 58.1. The number of thiophene rings is 4. The molecule has 0 radical (unpaired) electrons. The van der Waals surface area contributed by atoms with Crippen molar-refractivity contribution in [3.05, 3.63) is 74.6 Å². The van der Waals surface area contributed by atoms with Gasteiger partial charge in [0.05, 0.1) is 40.7 Å². The molecule has 8 aromatic rings. The minimum atomic E-state index is -0.844. The lowest BCUT2D eigenvalue weighted by atomic mass is 10.3. The van der Waals surface area contributed by atoms with Crippen LogP contribution in [0.2, 0.25) is 10.3 Å². The predicted molar refractivity (Wildman–Crippen MR) is 243 cm³/mol. The molecule has 0 saturated heterocycles. The van der Waals surface area contributed by atoms with E-state index in [1.54, 1.807) is 34.0 Å². The van der Waals surface area contributed by atoms with Crippen LogP contribution >= 0.6 is 140 Å². The number of rotatable bonds is 6. The zero-order valence-electron chi connectivity index (χ0n) is 29.4. The number of aliphatic carboxylic acids is 1. The molecule has 0 atom stereocenters. The average Bonchev–Trinajstić information content (AvgIpc) is 3.89.